The fourth-order valence-corrected chi connectivity index (χ4v) is 2.83. The molecule has 4 atom stereocenters. The van der Waals surface area contributed by atoms with Crippen LogP contribution < -0.4 is 5.11 Å². The first-order valence-corrected chi connectivity index (χ1v) is 4.42. The van der Waals surface area contributed by atoms with Crippen molar-refractivity contribution in [2.24, 2.45) is 17.8 Å². The predicted molar refractivity (Wildman–Crippen MR) is 39.4 cm³/mol. The van der Waals surface area contributed by atoms with E-state index in [2.05, 4.69) is 0 Å². The number of carbonyl (C=O) groups excluding carboxylic acids is 2. The molecule has 2 aliphatic rings. The zero-order valence-electron chi connectivity index (χ0n) is 6.33. The van der Waals surface area contributed by atoms with Crippen molar-refractivity contribution in [3.63, 3.8) is 0 Å². The SMILES string of the molecule is O=C([O-])[C@H]1[C@@H]2CC(=O)[C@H]1C[C@H]2Cl. The van der Waals surface area contributed by atoms with E-state index in [1.807, 2.05) is 0 Å². The minimum absolute atomic E-state index is 0.0473. The van der Waals surface area contributed by atoms with Crippen molar-refractivity contribution in [2.75, 3.05) is 0 Å². The summed E-state index contributed by atoms with van der Waals surface area (Å²) in [4.78, 5) is 21.8. The molecule has 12 heavy (non-hydrogen) atoms. The largest absolute Gasteiger partial charge is 0.550 e. The molecule has 4 heteroatoms. The van der Waals surface area contributed by atoms with Crippen molar-refractivity contribution >= 4 is 23.4 Å². The molecule has 2 bridgehead atoms. The number of halogens is 1. The molecular weight excluding hydrogens is 180 g/mol. The molecule has 2 fully saturated rings. The summed E-state index contributed by atoms with van der Waals surface area (Å²) >= 11 is 5.87. The monoisotopic (exact) mass is 187 g/mol. The molecule has 2 saturated carbocycles. The number of hydrogen-bond donors (Lipinski definition) is 0. The highest BCUT2D eigenvalue weighted by molar-refractivity contribution is 6.22. The number of aliphatic carboxylic acids is 1. The summed E-state index contributed by atoms with van der Waals surface area (Å²) in [5.41, 5.74) is 0. The zero-order valence-corrected chi connectivity index (χ0v) is 7.08. The number of ketones is 1. The quantitative estimate of drug-likeness (QED) is 0.524. The molecule has 0 unspecified atom stereocenters. The summed E-state index contributed by atoms with van der Waals surface area (Å²) in [7, 11) is 0. The molecule has 0 heterocycles. The molecule has 3 nitrogen and oxygen atoms in total. The maximum atomic E-state index is 11.1. The van der Waals surface area contributed by atoms with Gasteiger partial charge in [0.05, 0.1) is 0 Å². The van der Waals surface area contributed by atoms with Crippen molar-refractivity contribution in [3.05, 3.63) is 0 Å². The van der Waals surface area contributed by atoms with E-state index in [9.17, 15) is 14.7 Å². The second kappa shape index (κ2) is 2.46. The summed E-state index contributed by atoms with van der Waals surface area (Å²) in [6.45, 7) is 0. The van der Waals surface area contributed by atoms with Gasteiger partial charge in [0.15, 0.2) is 0 Å². The molecule has 0 saturated heterocycles. The number of rotatable bonds is 1. The summed E-state index contributed by atoms with van der Waals surface area (Å²) in [5.74, 6) is -2.21. The molecule has 2 rings (SSSR count). The Morgan fingerprint density at radius 1 is 1.58 bits per heavy atom. The standard InChI is InChI=1S/C8H9ClO3/c9-5-1-4-6(10)2-3(5)7(4)8(11)12/h3-5,7H,1-2H2,(H,11,12)/p-1/t3-,4-,5-,7+/m1/s1. The summed E-state index contributed by atoms with van der Waals surface area (Å²) in [6, 6.07) is 0. The van der Waals surface area contributed by atoms with Gasteiger partial charge >= 0.3 is 0 Å². The van der Waals surface area contributed by atoms with E-state index in [1.54, 1.807) is 0 Å². The Morgan fingerprint density at radius 2 is 2.25 bits per heavy atom. The van der Waals surface area contributed by atoms with E-state index in [0.717, 1.165) is 0 Å². The molecule has 0 N–H and O–H groups in total. The minimum atomic E-state index is -1.11. The molecular formula is C8H8ClO3-. The van der Waals surface area contributed by atoms with Crippen LogP contribution in [-0.4, -0.2) is 17.1 Å². The van der Waals surface area contributed by atoms with Crippen LogP contribution in [0, 0.1) is 17.8 Å². The smallest absolute Gasteiger partial charge is 0.137 e. The Labute approximate surface area is 74.7 Å². The molecule has 0 amide bonds. The minimum Gasteiger partial charge on any atom is -0.550 e. The van der Waals surface area contributed by atoms with Crippen LogP contribution in [0.2, 0.25) is 0 Å². The van der Waals surface area contributed by atoms with Gasteiger partial charge in [0.1, 0.15) is 5.78 Å². The molecule has 0 spiro atoms. The average Bonchev–Trinajstić information content (AvgIpc) is 2.41. The van der Waals surface area contributed by atoms with Gasteiger partial charge in [-0.3, -0.25) is 4.79 Å². The lowest BCUT2D eigenvalue weighted by Crippen LogP contribution is -2.34. The lowest BCUT2D eigenvalue weighted by Gasteiger charge is -2.15. The van der Waals surface area contributed by atoms with Gasteiger partial charge in [-0.05, 0) is 12.3 Å². The summed E-state index contributed by atoms with van der Waals surface area (Å²) < 4.78 is 0. The van der Waals surface area contributed by atoms with Crippen molar-refractivity contribution in [1.82, 2.24) is 0 Å². The number of hydrogen-bond acceptors (Lipinski definition) is 3. The zero-order chi connectivity index (χ0) is 8.88. The van der Waals surface area contributed by atoms with Crippen LogP contribution in [0.4, 0.5) is 0 Å². The van der Waals surface area contributed by atoms with E-state index < -0.39 is 11.9 Å². The molecule has 0 aromatic heterocycles. The van der Waals surface area contributed by atoms with Crippen molar-refractivity contribution in [3.8, 4) is 0 Å². The predicted octanol–water partition coefficient (Wildman–Crippen LogP) is -0.431. The van der Waals surface area contributed by atoms with Crippen LogP contribution in [0.3, 0.4) is 0 Å². The molecule has 0 aromatic rings. The highest BCUT2D eigenvalue weighted by atomic mass is 35.5. The number of carboxylic acids is 1. The van der Waals surface area contributed by atoms with E-state index in [4.69, 9.17) is 11.6 Å². The average molecular weight is 188 g/mol. The number of carboxylic acid groups (broad SMARTS) is 1. The van der Waals surface area contributed by atoms with Gasteiger partial charge in [0.2, 0.25) is 0 Å². The Morgan fingerprint density at radius 3 is 2.58 bits per heavy atom. The normalized spacial score (nSPS) is 45.2. The van der Waals surface area contributed by atoms with Crippen LogP contribution >= 0.6 is 11.6 Å². The fourth-order valence-electron chi connectivity index (χ4n) is 2.40. The van der Waals surface area contributed by atoms with E-state index in [-0.39, 0.29) is 23.0 Å². The van der Waals surface area contributed by atoms with Gasteiger partial charge in [-0.25, -0.2) is 0 Å². The Kier molecular flexibility index (Phi) is 1.65. The van der Waals surface area contributed by atoms with Crippen LogP contribution in [0.5, 0.6) is 0 Å². The highest BCUT2D eigenvalue weighted by Crippen LogP contribution is 2.49. The first-order valence-electron chi connectivity index (χ1n) is 3.99. The van der Waals surface area contributed by atoms with Gasteiger partial charge in [0.25, 0.3) is 0 Å². The van der Waals surface area contributed by atoms with Gasteiger partial charge in [-0.2, -0.15) is 0 Å². The van der Waals surface area contributed by atoms with Crippen LogP contribution in [0.1, 0.15) is 12.8 Å². The molecule has 0 aliphatic heterocycles. The number of alkyl halides is 1. The van der Waals surface area contributed by atoms with Gasteiger partial charge in [-0.1, -0.05) is 0 Å². The second-order valence-electron chi connectivity index (χ2n) is 3.54. The summed E-state index contributed by atoms with van der Waals surface area (Å²) in [6.07, 6.45) is 0.848. The first-order chi connectivity index (χ1) is 5.61. The first kappa shape index (κ1) is 8.05. The van der Waals surface area contributed by atoms with E-state index in [0.29, 0.717) is 12.8 Å². The van der Waals surface area contributed by atoms with Crippen molar-refractivity contribution in [1.29, 1.82) is 0 Å². The molecule has 2 aliphatic carbocycles. The third kappa shape index (κ3) is 0.891. The maximum Gasteiger partial charge on any atom is 0.137 e. The van der Waals surface area contributed by atoms with Gasteiger partial charge in [0, 0.05) is 29.6 Å². The number of fused-ring (bicyclic) bond motifs is 2. The molecule has 0 radical (unpaired) electrons. The third-order valence-corrected chi connectivity index (χ3v) is 3.46. The Hall–Kier alpha value is -0.570. The highest BCUT2D eigenvalue weighted by Gasteiger charge is 2.52. The number of Topliss-reactive ketones (excluding diaryl/α,β-unsaturated/α-hetero) is 1. The van der Waals surface area contributed by atoms with Gasteiger partial charge in [-0.15, -0.1) is 11.6 Å². The molecule has 66 valence electrons. The van der Waals surface area contributed by atoms with Crippen molar-refractivity contribution in [2.45, 2.75) is 18.2 Å². The topological polar surface area (TPSA) is 57.2 Å². The van der Waals surface area contributed by atoms with Crippen LogP contribution in [0.15, 0.2) is 0 Å². The van der Waals surface area contributed by atoms with Crippen LogP contribution in [0.25, 0.3) is 0 Å². The fraction of sp³-hybridized carbons (Fsp3) is 0.750. The van der Waals surface area contributed by atoms with E-state index >= 15 is 0 Å². The van der Waals surface area contributed by atoms with Crippen molar-refractivity contribution < 1.29 is 14.7 Å². The Balaban J connectivity index is 2.28. The van der Waals surface area contributed by atoms with Gasteiger partial charge < -0.3 is 9.90 Å². The second-order valence-corrected chi connectivity index (χ2v) is 4.10. The Bertz CT molecular complexity index is 251. The van der Waals surface area contributed by atoms with Crippen LogP contribution in [-0.2, 0) is 9.59 Å². The molecule has 0 aromatic carbocycles. The lowest BCUT2D eigenvalue weighted by atomic mass is 9.98. The van der Waals surface area contributed by atoms with E-state index in [1.165, 1.54) is 0 Å². The number of carbonyl (C=O) groups is 2. The maximum absolute atomic E-state index is 11.1. The lowest BCUT2D eigenvalue weighted by molar-refractivity contribution is -0.313. The summed E-state index contributed by atoms with van der Waals surface area (Å²) in [5, 5.41) is 10.5. The third-order valence-electron chi connectivity index (χ3n) is 2.96.